The Morgan fingerprint density at radius 1 is 0.644 bits per heavy atom. The lowest BCUT2D eigenvalue weighted by Gasteiger charge is -2.20. The van der Waals surface area contributed by atoms with Gasteiger partial charge in [-0.05, 0) is 54.7 Å². The Labute approximate surface area is 264 Å². The molecule has 0 spiro atoms. The smallest absolute Gasteiger partial charge is 0.425 e. The van der Waals surface area contributed by atoms with E-state index in [4.69, 9.17) is 9.47 Å². The molecule has 0 fully saturated rings. The van der Waals surface area contributed by atoms with Crippen molar-refractivity contribution in [3.05, 3.63) is 77.9 Å². The molecule has 0 aliphatic heterocycles. The third-order valence-corrected chi connectivity index (χ3v) is 7.88. The van der Waals surface area contributed by atoms with E-state index < -0.39 is 29.9 Å². The van der Waals surface area contributed by atoms with Gasteiger partial charge in [-0.15, -0.1) is 0 Å². The molecular formula is C37H45F5O3. The minimum absolute atomic E-state index is 0.0365. The largest absolute Gasteiger partial charge is 0.494 e. The van der Waals surface area contributed by atoms with Crippen molar-refractivity contribution in [3.8, 4) is 28.0 Å². The number of hydrogen-bond donors (Lipinski definition) is 0. The molecule has 0 N–H and O–H groups in total. The number of hydrogen-bond acceptors (Lipinski definition) is 3. The lowest BCUT2D eigenvalue weighted by molar-refractivity contribution is -0.206. The van der Waals surface area contributed by atoms with E-state index >= 15 is 8.78 Å². The van der Waals surface area contributed by atoms with Crippen LogP contribution in [0.25, 0.3) is 22.3 Å². The van der Waals surface area contributed by atoms with Crippen molar-refractivity contribution in [2.24, 2.45) is 0 Å². The van der Waals surface area contributed by atoms with E-state index in [0.717, 1.165) is 25.7 Å². The van der Waals surface area contributed by atoms with Gasteiger partial charge in [-0.2, -0.15) is 13.2 Å². The third-order valence-electron chi connectivity index (χ3n) is 7.88. The second-order valence-corrected chi connectivity index (χ2v) is 11.5. The molecule has 0 aliphatic carbocycles. The summed E-state index contributed by atoms with van der Waals surface area (Å²) in [5.74, 6) is -2.55. The molecule has 8 heteroatoms. The normalized spacial score (nSPS) is 12.2. The van der Waals surface area contributed by atoms with Gasteiger partial charge in [0.25, 0.3) is 0 Å². The Hall–Kier alpha value is -3.42. The van der Waals surface area contributed by atoms with Crippen LogP contribution in [0.3, 0.4) is 0 Å². The molecule has 3 nitrogen and oxygen atoms in total. The topological polar surface area (TPSA) is 35.5 Å². The Morgan fingerprint density at radius 3 is 1.62 bits per heavy atom. The monoisotopic (exact) mass is 632 g/mol. The van der Waals surface area contributed by atoms with E-state index in [1.165, 1.54) is 74.9 Å². The molecule has 0 amide bonds. The van der Waals surface area contributed by atoms with Crippen LogP contribution < -0.4 is 4.74 Å². The summed E-state index contributed by atoms with van der Waals surface area (Å²) in [7, 11) is 0. The van der Waals surface area contributed by atoms with Gasteiger partial charge in [0.15, 0.2) is 17.7 Å². The predicted octanol–water partition coefficient (Wildman–Crippen LogP) is 11.9. The van der Waals surface area contributed by atoms with Crippen LogP contribution in [0, 0.1) is 11.6 Å². The molecule has 3 aromatic rings. The third kappa shape index (κ3) is 11.5. The van der Waals surface area contributed by atoms with E-state index in [2.05, 4.69) is 6.92 Å². The second-order valence-electron chi connectivity index (χ2n) is 11.5. The zero-order valence-corrected chi connectivity index (χ0v) is 26.4. The van der Waals surface area contributed by atoms with Crippen LogP contribution in [0.1, 0.15) is 108 Å². The van der Waals surface area contributed by atoms with Crippen molar-refractivity contribution >= 4 is 5.97 Å². The van der Waals surface area contributed by atoms with E-state index in [1.54, 1.807) is 24.3 Å². The van der Waals surface area contributed by atoms with Crippen LogP contribution in [-0.4, -0.2) is 24.9 Å². The maximum Gasteiger partial charge on any atom is 0.425 e. The lowest BCUT2D eigenvalue weighted by Crippen LogP contribution is -2.33. The highest BCUT2D eigenvalue weighted by Gasteiger charge is 2.42. The summed E-state index contributed by atoms with van der Waals surface area (Å²) < 4.78 is 81.2. The molecule has 1 unspecified atom stereocenters. The van der Waals surface area contributed by atoms with Gasteiger partial charge in [0.2, 0.25) is 0 Å². The van der Waals surface area contributed by atoms with Gasteiger partial charge in [0, 0.05) is 11.1 Å². The zero-order chi connectivity index (χ0) is 32.7. The van der Waals surface area contributed by atoms with Crippen molar-refractivity contribution in [2.45, 2.75) is 110 Å². The van der Waals surface area contributed by atoms with Crippen molar-refractivity contribution in [1.82, 2.24) is 0 Å². The minimum Gasteiger partial charge on any atom is -0.494 e. The molecule has 0 aliphatic rings. The summed E-state index contributed by atoms with van der Waals surface area (Å²) in [6.07, 6.45) is 5.07. The molecular weight excluding hydrogens is 587 g/mol. The van der Waals surface area contributed by atoms with Crippen LogP contribution in [0.5, 0.6) is 5.75 Å². The first kappa shape index (κ1) is 36.1. The number of carbonyl (C=O) groups excluding carboxylic acids is 1. The highest BCUT2D eigenvalue weighted by Crippen LogP contribution is 2.33. The number of esters is 1. The van der Waals surface area contributed by atoms with E-state index in [1.807, 2.05) is 6.92 Å². The fourth-order valence-corrected chi connectivity index (χ4v) is 5.18. The fraction of sp³-hybridized carbons (Fsp3) is 0.486. The highest BCUT2D eigenvalue weighted by atomic mass is 19.4. The first-order valence-electron chi connectivity index (χ1n) is 16.2. The molecule has 0 saturated heterocycles. The Kier molecular flexibility index (Phi) is 14.8. The van der Waals surface area contributed by atoms with Crippen LogP contribution in [0.2, 0.25) is 0 Å². The maximum atomic E-state index is 15.2. The van der Waals surface area contributed by atoms with E-state index in [0.29, 0.717) is 30.8 Å². The van der Waals surface area contributed by atoms with Crippen molar-refractivity contribution < 1.29 is 36.2 Å². The number of rotatable bonds is 19. The molecule has 0 radical (unpaired) electrons. The summed E-state index contributed by atoms with van der Waals surface area (Å²) in [5, 5.41) is 0. The van der Waals surface area contributed by atoms with E-state index in [9.17, 15) is 18.0 Å². The summed E-state index contributed by atoms with van der Waals surface area (Å²) in [6.45, 7) is 4.76. The maximum absolute atomic E-state index is 15.2. The van der Waals surface area contributed by atoms with Gasteiger partial charge in [-0.3, -0.25) is 0 Å². The summed E-state index contributed by atoms with van der Waals surface area (Å²) in [6, 6.07) is 14.9. The van der Waals surface area contributed by atoms with Crippen LogP contribution in [-0.2, 0) is 4.74 Å². The fourth-order valence-electron chi connectivity index (χ4n) is 5.18. The number of carbonyl (C=O) groups is 1. The average molecular weight is 633 g/mol. The van der Waals surface area contributed by atoms with Crippen LogP contribution in [0.15, 0.2) is 60.7 Å². The number of halogens is 5. The minimum atomic E-state index is -4.68. The summed E-state index contributed by atoms with van der Waals surface area (Å²) >= 11 is 0. The number of alkyl halides is 3. The Bertz CT molecular complexity index is 1300. The Balaban J connectivity index is 1.58. The average Bonchev–Trinajstić information content (AvgIpc) is 3.03. The molecule has 45 heavy (non-hydrogen) atoms. The van der Waals surface area contributed by atoms with Gasteiger partial charge in [-0.25, -0.2) is 13.6 Å². The van der Waals surface area contributed by atoms with E-state index in [-0.39, 0.29) is 28.7 Å². The molecule has 3 aromatic carbocycles. The van der Waals surface area contributed by atoms with Crippen LogP contribution >= 0.6 is 0 Å². The van der Waals surface area contributed by atoms with Gasteiger partial charge in [0.05, 0.1) is 12.2 Å². The van der Waals surface area contributed by atoms with Crippen LogP contribution in [0.4, 0.5) is 22.0 Å². The number of unbranched alkanes of at least 4 members (excludes halogenated alkanes) is 10. The Morgan fingerprint density at radius 2 is 1.11 bits per heavy atom. The summed E-state index contributed by atoms with van der Waals surface area (Å²) in [4.78, 5) is 12.5. The summed E-state index contributed by atoms with van der Waals surface area (Å²) in [5.41, 5.74) is 0.702. The van der Waals surface area contributed by atoms with Gasteiger partial charge in [0.1, 0.15) is 5.75 Å². The molecule has 246 valence electrons. The van der Waals surface area contributed by atoms with Gasteiger partial charge in [-0.1, -0.05) is 114 Å². The van der Waals surface area contributed by atoms with Gasteiger partial charge < -0.3 is 9.47 Å². The molecule has 0 aromatic heterocycles. The zero-order valence-electron chi connectivity index (χ0n) is 26.4. The standard InChI is InChI=1S/C37H45F5O3/c1-3-5-7-9-10-11-12-14-26-44-30-22-20-28(21-23-30)32-25-24-31(34(38)35(32)39)27-16-18-29(19-17-27)36(43)45-33(37(40,41)42)15-13-8-6-4-2/h16-25,33H,3-15,26H2,1-2H3. The SMILES string of the molecule is CCCCCCCCCCOc1ccc(-c2ccc(-c3ccc(C(=O)OC(CCCCCC)C(F)(F)F)cc3)c(F)c2F)cc1. The predicted molar refractivity (Wildman–Crippen MR) is 169 cm³/mol. The van der Waals surface area contributed by atoms with Crippen molar-refractivity contribution in [1.29, 1.82) is 0 Å². The molecule has 1 atom stereocenters. The quantitative estimate of drug-likeness (QED) is 0.0749. The molecule has 0 bridgehead atoms. The highest BCUT2D eigenvalue weighted by molar-refractivity contribution is 5.90. The number of benzene rings is 3. The van der Waals surface area contributed by atoms with Crippen molar-refractivity contribution in [3.63, 3.8) is 0 Å². The molecule has 0 saturated carbocycles. The number of ether oxygens (including phenoxy) is 2. The molecule has 0 heterocycles. The molecule has 3 rings (SSSR count). The van der Waals surface area contributed by atoms with Gasteiger partial charge >= 0.3 is 12.1 Å². The lowest BCUT2D eigenvalue weighted by atomic mass is 9.98. The second kappa shape index (κ2) is 18.5. The first-order valence-corrected chi connectivity index (χ1v) is 16.2. The first-order chi connectivity index (χ1) is 21.7. The van der Waals surface area contributed by atoms with Crippen molar-refractivity contribution in [2.75, 3.05) is 6.61 Å².